The molecule has 2 heterocycles. The number of aromatic nitrogens is 3. The highest BCUT2D eigenvalue weighted by atomic mass is 35.5. The lowest BCUT2D eigenvalue weighted by Crippen LogP contribution is -2.06. The molecule has 2 aromatic carbocycles. The first-order valence-electron chi connectivity index (χ1n) is 7.94. The van der Waals surface area contributed by atoms with Crippen molar-refractivity contribution in [3.8, 4) is 0 Å². The zero-order chi connectivity index (χ0) is 17.9. The van der Waals surface area contributed by atoms with Crippen LogP contribution < -0.4 is 16.4 Å². The number of benzene rings is 2. The first-order valence-corrected chi connectivity index (χ1v) is 8.32. The molecule has 0 bridgehead atoms. The van der Waals surface area contributed by atoms with Gasteiger partial charge in [0.15, 0.2) is 11.6 Å². The maximum Gasteiger partial charge on any atom is 0.160 e. The van der Waals surface area contributed by atoms with Crippen LogP contribution in [0.1, 0.15) is 0 Å². The Morgan fingerprint density at radius 1 is 0.808 bits per heavy atom. The normalized spacial score (nSPS) is 10.7. The molecule has 2 aromatic heterocycles. The average molecular weight is 363 g/mol. The van der Waals surface area contributed by atoms with E-state index >= 15 is 0 Å². The predicted molar refractivity (Wildman–Crippen MR) is 106 cm³/mol. The molecular formula is C19H15ClN6. The highest BCUT2D eigenvalue weighted by molar-refractivity contribution is 6.30. The number of pyridine rings is 1. The van der Waals surface area contributed by atoms with E-state index in [9.17, 15) is 0 Å². The van der Waals surface area contributed by atoms with Gasteiger partial charge in [-0.05, 0) is 23.6 Å². The van der Waals surface area contributed by atoms with Gasteiger partial charge in [0, 0.05) is 17.3 Å². The van der Waals surface area contributed by atoms with Gasteiger partial charge in [-0.2, -0.15) is 0 Å². The number of nitrogens with one attached hydrogen (secondary N) is 2. The monoisotopic (exact) mass is 362 g/mol. The zero-order valence-corrected chi connectivity index (χ0v) is 14.4. The zero-order valence-electron chi connectivity index (χ0n) is 13.6. The average Bonchev–Trinajstić information content (AvgIpc) is 2.67. The van der Waals surface area contributed by atoms with Crippen LogP contribution in [-0.2, 0) is 0 Å². The molecule has 7 heteroatoms. The van der Waals surface area contributed by atoms with Crippen LogP contribution in [0.25, 0.3) is 10.8 Å². The van der Waals surface area contributed by atoms with Crippen molar-refractivity contribution >= 4 is 51.2 Å². The van der Waals surface area contributed by atoms with E-state index in [0.717, 1.165) is 16.5 Å². The number of fused-ring (bicyclic) bond motifs is 1. The van der Waals surface area contributed by atoms with Gasteiger partial charge in [-0.1, -0.05) is 48.0 Å². The summed E-state index contributed by atoms with van der Waals surface area (Å²) in [6.07, 6.45) is 3.00. The Morgan fingerprint density at radius 3 is 2.38 bits per heavy atom. The Bertz CT molecular complexity index is 1060. The summed E-state index contributed by atoms with van der Waals surface area (Å²) in [5.41, 5.74) is 7.57. The summed E-state index contributed by atoms with van der Waals surface area (Å²) in [6.45, 7) is 0. The van der Waals surface area contributed by atoms with Crippen molar-refractivity contribution in [2.45, 2.75) is 0 Å². The number of rotatable bonds is 4. The van der Waals surface area contributed by atoms with Crippen molar-refractivity contribution in [2.75, 3.05) is 16.4 Å². The first-order chi connectivity index (χ1) is 12.7. The second kappa shape index (κ2) is 6.85. The summed E-state index contributed by atoms with van der Waals surface area (Å²) in [4.78, 5) is 12.7. The lowest BCUT2D eigenvalue weighted by molar-refractivity contribution is 1.16. The third kappa shape index (κ3) is 3.22. The fourth-order valence-corrected chi connectivity index (χ4v) is 2.74. The van der Waals surface area contributed by atoms with E-state index in [4.69, 9.17) is 17.3 Å². The van der Waals surface area contributed by atoms with E-state index < -0.39 is 0 Å². The van der Waals surface area contributed by atoms with Crippen LogP contribution in [0.2, 0.25) is 5.02 Å². The molecular weight excluding hydrogens is 348 g/mol. The van der Waals surface area contributed by atoms with Gasteiger partial charge in [0.05, 0.1) is 5.02 Å². The predicted octanol–water partition coefficient (Wildman–Crippen LogP) is 4.75. The van der Waals surface area contributed by atoms with Gasteiger partial charge in [0.25, 0.3) is 0 Å². The van der Waals surface area contributed by atoms with E-state index in [0.29, 0.717) is 28.2 Å². The summed E-state index contributed by atoms with van der Waals surface area (Å²) in [5, 5.41) is 9.15. The van der Waals surface area contributed by atoms with Crippen molar-refractivity contribution in [3.63, 3.8) is 0 Å². The largest absolute Gasteiger partial charge is 0.393 e. The van der Waals surface area contributed by atoms with Crippen LogP contribution in [0.5, 0.6) is 0 Å². The lowest BCUT2D eigenvalue weighted by Gasteiger charge is -2.13. The number of nitrogens with two attached hydrogens (primary N) is 1. The Balaban J connectivity index is 1.66. The van der Waals surface area contributed by atoms with Crippen LogP contribution in [-0.4, -0.2) is 15.0 Å². The van der Waals surface area contributed by atoms with Crippen LogP contribution >= 0.6 is 11.6 Å². The number of hydrogen-bond donors (Lipinski definition) is 3. The smallest absolute Gasteiger partial charge is 0.160 e. The molecule has 0 fully saturated rings. The van der Waals surface area contributed by atoms with Gasteiger partial charge in [-0.3, -0.25) is 0 Å². The topological polar surface area (TPSA) is 88.8 Å². The molecule has 0 aliphatic carbocycles. The molecule has 6 nitrogen and oxygen atoms in total. The molecule has 26 heavy (non-hydrogen) atoms. The van der Waals surface area contributed by atoms with Gasteiger partial charge in [0.2, 0.25) is 0 Å². The maximum absolute atomic E-state index is 6.25. The second-order valence-corrected chi connectivity index (χ2v) is 6.06. The standard InChI is InChI=1S/C19H15ClN6/c20-13-8-9-16(22-10-13)26-19-17(21)18(23-11-24-19)25-15-7-3-5-12-4-1-2-6-14(12)15/h1-11H,21H2,(H2,22,23,24,25,26). The van der Waals surface area contributed by atoms with E-state index in [-0.39, 0.29) is 0 Å². The molecule has 0 saturated carbocycles. The van der Waals surface area contributed by atoms with E-state index in [2.05, 4.69) is 37.7 Å². The van der Waals surface area contributed by atoms with E-state index in [1.165, 1.54) is 6.33 Å². The molecule has 4 rings (SSSR count). The van der Waals surface area contributed by atoms with Crippen LogP contribution in [0.3, 0.4) is 0 Å². The molecule has 0 saturated heterocycles. The molecule has 4 N–H and O–H groups in total. The number of anilines is 5. The fraction of sp³-hybridized carbons (Fsp3) is 0. The Morgan fingerprint density at radius 2 is 1.58 bits per heavy atom. The van der Waals surface area contributed by atoms with E-state index in [1.54, 1.807) is 18.3 Å². The number of nitrogens with zero attached hydrogens (tertiary/aromatic N) is 3. The van der Waals surface area contributed by atoms with Gasteiger partial charge in [0.1, 0.15) is 17.8 Å². The highest BCUT2D eigenvalue weighted by Crippen LogP contribution is 2.31. The minimum absolute atomic E-state index is 0.400. The molecule has 0 aliphatic rings. The Hall–Kier alpha value is -3.38. The van der Waals surface area contributed by atoms with Gasteiger partial charge in [-0.25, -0.2) is 15.0 Å². The second-order valence-electron chi connectivity index (χ2n) is 5.62. The molecule has 4 aromatic rings. The lowest BCUT2D eigenvalue weighted by atomic mass is 10.1. The molecule has 0 radical (unpaired) electrons. The third-order valence-electron chi connectivity index (χ3n) is 3.90. The van der Waals surface area contributed by atoms with Crippen molar-refractivity contribution in [1.82, 2.24) is 15.0 Å². The van der Waals surface area contributed by atoms with Crippen LogP contribution in [0.4, 0.5) is 28.8 Å². The highest BCUT2D eigenvalue weighted by Gasteiger charge is 2.10. The Kier molecular flexibility index (Phi) is 4.25. The molecule has 0 atom stereocenters. The van der Waals surface area contributed by atoms with Crippen molar-refractivity contribution in [1.29, 1.82) is 0 Å². The molecule has 0 unspecified atom stereocenters. The molecule has 0 aliphatic heterocycles. The van der Waals surface area contributed by atoms with Gasteiger partial charge in [-0.15, -0.1) is 0 Å². The Labute approximate surface area is 155 Å². The van der Waals surface area contributed by atoms with Gasteiger partial charge < -0.3 is 16.4 Å². The minimum atomic E-state index is 0.400. The fourth-order valence-electron chi connectivity index (χ4n) is 2.63. The molecule has 0 spiro atoms. The van der Waals surface area contributed by atoms with E-state index in [1.807, 2.05) is 30.3 Å². The molecule has 0 amide bonds. The summed E-state index contributed by atoms with van der Waals surface area (Å²) >= 11 is 5.86. The first kappa shape index (κ1) is 16.1. The van der Waals surface area contributed by atoms with Crippen molar-refractivity contribution in [3.05, 3.63) is 72.1 Å². The van der Waals surface area contributed by atoms with Gasteiger partial charge >= 0.3 is 0 Å². The SMILES string of the molecule is Nc1c(Nc2ccc(Cl)cn2)ncnc1Nc1cccc2ccccc12. The minimum Gasteiger partial charge on any atom is -0.393 e. The maximum atomic E-state index is 6.25. The van der Waals surface area contributed by atoms with Crippen molar-refractivity contribution in [2.24, 2.45) is 0 Å². The van der Waals surface area contributed by atoms with Crippen molar-refractivity contribution < 1.29 is 0 Å². The number of hydrogen-bond acceptors (Lipinski definition) is 6. The number of halogens is 1. The third-order valence-corrected chi connectivity index (χ3v) is 4.12. The summed E-state index contributed by atoms with van der Waals surface area (Å²) in [5.74, 6) is 1.58. The summed E-state index contributed by atoms with van der Waals surface area (Å²) < 4.78 is 0. The summed E-state index contributed by atoms with van der Waals surface area (Å²) in [6, 6.07) is 17.6. The summed E-state index contributed by atoms with van der Waals surface area (Å²) in [7, 11) is 0. The van der Waals surface area contributed by atoms with Crippen LogP contribution in [0.15, 0.2) is 67.1 Å². The number of nitrogen functional groups attached to an aromatic ring is 1. The quantitative estimate of drug-likeness (QED) is 0.485. The van der Waals surface area contributed by atoms with Crippen LogP contribution in [0, 0.1) is 0 Å². The molecule has 128 valence electrons.